The number of hydrogen-bond acceptors (Lipinski definition) is 1. The lowest BCUT2D eigenvalue weighted by Gasteiger charge is -1.95. The number of hydrogen-bond donors (Lipinski definition) is 1. The Morgan fingerprint density at radius 1 is 1.44 bits per heavy atom. The highest BCUT2D eigenvalue weighted by molar-refractivity contribution is 4.86. The van der Waals surface area contributed by atoms with E-state index in [0.29, 0.717) is 5.76 Å². The fourth-order valence-corrected chi connectivity index (χ4v) is 0.700. The lowest BCUT2D eigenvalue weighted by atomic mass is 10.2. The van der Waals surface area contributed by atoms with E-state index in [9.17, 15) is 0 Å². The van der Waals surface area contributed by atoms with Crippen LogP contribution in [0.4, 0.5) is 0 Å². The number of rotatable bonds is 4. The number of aliphatic hydroxyl groups excluding tert-OH is 1. The van der Waals surface area contributed by atoms with E-state index in [1.165, 1.54) is 12.8 Å². The summed E-state index contributed by atoms with van der Waals surface area (Å²) >= 11 is 0. The smallest absolute Gasteiger partial charge is 0.0880 e. The summed E-state index contributed by atoms with van der Waals surface area (Å²) in [6, 6.07) is 0. The molecule has 0 aromatic rings. The molecule has 0 saturated carbocycles. The maximum atomic E-state index is 8.95. The Kier molecular flexibility index (Phi) is 5.38. The van der Waals surface area contributed by atoms with Crippen molar-refractivity contribution in [2.75, 3.05) is 0 Å². The zero-order chi connectivity index (χ0) is 7.11. The van der Waals surface area contributed by atoms with E-state index in [1.54, 1.807) is 6.08 Å². The Hall–Kier alpha value is -0.460. The average Bonchev–Trinajstić information content (AvgIpc) is 1.89. The molecule has 0 aliphatic carbocycles. The molecule has 54 valence electrons. The van der Waals surface area contributed by atoms with Crippen molar-refractivity contribution in [3.8, 4) is 0 Å². The van der Waals surface area contributed by atoms with E-state index in [0.717, 1.165) is 12.8 Å². The second-order valence-corrected chi connectivity index (χ2v) is 2.24. The van der Waals surface area contributed by atoms with Crippen molar-refractivity contribution in [2.24, 2.45) is 0 Å². The molecule has 0 radical (unpaired) electrons. The zero-order valence-electron chi connectivity index (χ0n) is 6.35. The van der Waals surface area contributed by atoms with E-state index in [2.05, 4.69) is 6.92 Å². The van der Waals surface area contributed by atoms with Crippen LogP contribution in [0.3, 0.4) is 0 Å². The van der Waals surface area contributed by atoms with Crippen LogP contribution in [0.15, 0.2) is 11.8 Å². The zero-order valence-corrected chi connectivity index (χ0v) is 6.35. The normalized spacial score (nSPS) is 12.0. The molecular formula is C8H16O. The molecule has 0 bridgehead atoms. The summed E-state index contributed by atoms with van der Waals surface area (Å²) in [6.45, 7) is 4.02. The molecule has 0 aliphatic heterocycles. The average molecular weight is 128 g/mol. The molecule has 0 aromatic heterocycles. The Balaban J connectivity index is 3.07. The molecule has 0 atom stereocenters. The molecule has 0 spiro atoms. The van der Waals surface area contributed by atoms with Gasteiger partial charge in [0.1, 0.15) is 0 Å². The quantitative estimate of drug-likeness (QED) is 0.455. The minimum absolute atomic E-state index is 0.531. The van der Waals surface area contributed by atoms with Crippen molar-refractivity contribution in [3.63, 3.8) is 0 Å². The second-order valence-electron chi connectivity index (χ2n) is 2.24. The third-order valence-corrected chi connectivity index (χ3v) is 1.37. The lowest BCUT2D eigenvalue weighted by molar-refractivity contribution is 0.380. The molecule has 0 amide bonds. The third kappa shape index (κ3) is 5.41. The molecule has 0 unspecified atom stereocenters. The van der Waals surface area contributed by atoms with Crippen LogP contribution in [0.5, 0.6) is 0 Å². The number of allylic oxidation sites excluding steroid dienone is 2. The Labute approximate surface area is 57.4 Å². The molecule has 1 N–H and O–H groups in total. The Morgan fingerprint density at radius 2 is 2.11 bits per heavy atom. The van der Waals surface area contributed by atoms with Crippen LogP contribution in [0.2, 0.25) is 0 Å². The Morgan fingerprint density at radius 3 is 2.56 bits per heavy atom. The van der Waals surface area contributed by atoms with Gasteiger partial charge in [0.05, 0.1) is 5.76 Å². The predicted octanol–water partition coefficient (Wildman–Crippen LogP) is 3.03. The fourth-order valence-electron chi connectivity index (χ4n) is 0.700. The van der Waals surface area contributed by atoms with E-state index in [1.807, 2.05) is 6.92 Å². The SMILES string of the molecule is C/C=C(\O)CCCCC. The van der Waals surface area contributed by atoms with Gasteiger partial charge in [-0.2, -0.15) is 0 Å². The summed E-state index contributed by atoms with van der Waals surface area (Å²) in [4.78, 5) is 0. The van der Waals surface area contributed by atoms with E-state index >= 15 is 0 Å². The van der Waals surface area contributed by atoms with Crippen LogP contribution < -0.4 is 0 Å². The number of aliphatic hydroxyl groups is 1. The summed E-state index contributed by atoms with van der Waals surface area (Å²) in [7, 11) is 0. The van der Waals surface area contributed by atoms with Crippen LogP contribution >= 0.6 is 0 Å². The summed E-state index contributed by atoms with van der Waals surface area (Å²) in [5.41, 5.74) is 0. The molecule has 1 nitrogen and oxygen atoms in total. The maximum Gasteiger partial charge on any atom is 0.0880 e. The number of unbranched alkanes of at least 4 members (excludes halogenated alkanes) is 2. The minimum atomic E-state index is 0.531. The maximum absolute atomic E-state index is 8.95. The van der Waals surface area contributed by atoms with Gasteiger partial charge in [0.2, 0.25) is 0 Å². The molecular weight excluding hydrogens is 112 g/mol. The Bertz CT molecular complexity index is 84.6. The van der Waals surface area contributed by atoms with E-state index in [4.69, 9.17) is 5.11 Å². The third-order valence-electron chi connectivity index (χ3n) is 1.37. The van der Waals surface area contributed by atoms with Gasteiger partial charge in [0, 0.05) is 6.42 Å². The highest BCUT2D eigenvalue weighted by Crippen LogP contribution is 2.04. The molecule has 1 heteroatoms. The molecule has 0 fully saturated rings. The van der Waals surface area contributed by atoms with Gasteiger partial charge in [-0.3, -0.25) is 0 Å². The molecule has 0 saturated heterocycles. The lowest BCUT2D eigenvalue weighted by Crippen LogP contribution is -1.80. The first-order chi connectivity index (χ1) is 4.31. The van der Waals surface area contributed by atoms with Crippen molar-refractivity contribution >= 4 is 0 Å². The monoisotopic (exact) mass is 128 g/mol. The van der Waals surface area contributed by atoms with Gasteiger partial charge in [-0.05, 0) is 19.4 Å². The van der Waals surface area contributed by atoms with Crippen molar-refractivity contribution < 1.29 is 5.11 Å². The molecule has 0 aliphatic rings. The van der Waals surface area contributed by atoms with E-state index in [-0.39, 0.29) is 0 Å². The van der Waals surface area contributed by atoms with Crippen LogP contribution in [-0.4, -0.2) is 5.11 Å². The minimum Gasteiger partial charge on any atom is -0.513 e. The first-order valence-corrected chi connectivity index (χ1v) is 3.65. The summed E-state index contributed by atoms with van der Waals surface area (Å²) in [6.07, 6.45) is 6.17. The van der Waals surface area contributed by atoms with Crippen LogP contribution in [0.25, 0.3) is 0 Å². The van der Waals surface area contributed by atoms with Gasteiger partial charge in [0.25, 0.3) is 0 Å². The summed E-state index contributed by atoms with van der Waals surface area (Å²) in [5, 5.41) is 8.95. The van der Waals surface area contributed by atoms with Crippen LogP contribution in [0, 0.1) is 0 Å². The van der Waals surface area contributed by atoms with Gasteiger partial charge in [0.15, 0.2) is 0 Å². The molecule has 9 heavy (non-hydrogen) atoms. The van der Waals surface area contributed by atoms with Crippen molar-refractivity contribution in [3.05, 3.63) is 11.8 Å². The van der Waals surface area contributed by atoms with Gasteiger partial charge in [-0.15, -0.1) is 0 Å². The van der Waals surface area contributed by atoms with Gasteiger partial charge < -0.3 is 5.11 Å². The fraction of sp³-hybridized carbons (Fsp3) is 0.750. The van der Waals surface area contributed by atoms with Crippen LogP contribution in [-0.2, 0) is 0 Å². The molecule has 0 heterocycles. The largest absolute Gasteiger partial charge is 0.513 e. The van der Waals surface area contributed by atoms with Gasteiger partial charge in [-0.25, -0.2) is 0 Å². The van der Waals surface area contributed by atoms with Gasteiger partial charge in [-0.1, -0.05) is 19.8 Å². The van der Waals surface area contributed by atoms with Crippen LogP contribution in [0.1, 0.15) is 39.5 Å². The van der Waals surface area contributed by atoms with Crippen molar-refractivity contribution in [1.29, 1.82) is 0 Å². The standard InChI is InChI=1S/C8H16O/c1-3-5-6-7-8(9)4-2/h4,9H,3,5-7H2,1-2H3/b8-4-. The van der Waals surface area contributed by atoms with Crippen molar-refractivity contribution in [1.82, 2.24) is 0 Å². The topological polar surface area (TPSA) is 20.2 Å². The second kappa shape index (κ2) is 5.67. The summed E-state index contributed by atoms with van der Waals surface area (Å²) in [5.74, 6) is 0.531. The first kappa shape index (κ1) is 8.54. The molecule has 0 aromatic carbocycles. The molecule has 0 rings (SSSR count). The summed E-state index contributed by atoms with van der Waals surface area (Å²) < 4.78 is 0. The first-order valence-electron chi connectivity index (χ1n) is 3.65. The van der Waals surface area contributed by atoms with Gasteiger partial charge >= 0.3 is 0 Å². The highest BCUT2D eigenvalue weighted by atomic mass is 16.3. The van der Waals surface area contributed by atoms with E-state index < -0.39 is 0 Å². The predicted molar refractivity (Wildman–Crippen MR) is 40.5 cm³/mol. The highest BCUT2D eigenvalue weighted by Gasteiger charge is 1.89. The van der Waals surface area contributed by atoms with Crippen molar-refractivity contribution in [2.45, 2.75) is 39.5 Å².